The summed E-state index contributed by atoms with van der Waals surface area (Å²) < 4.78 is 2.46. The molecule has 0 N–H and O–H groups in total. The van der Waals surface area contributed by atoms with Crippen molar-refractivity contribution in [2.75, 3.05) is 0 Å². The topological polar surface area (TPSA) is 22.0 Å². The lowest BCUT2D eigenvalue weighted by Crippen LogP contribution is -2.59. The van der Waals surface area contributed by atoms with Gasteiger partial charge in [0.2, 0.25) is 6.71 Å². The minimum atomic E-state index is -0.535. The summed E-state index contributed by atoms with van der Waals surface area (Å²) in [6.07, 6.45) is 0. The Morgan fingerprint density at radius 1 is 0.568 bits per heavy atom. The van der Waals surface area contributed by atoms with Crippen molar-refractivity contribution in [3.63, 3.8) is 0 Å². The molecule has 44 heavy (non-hydrogen) atoms. The van der Waals surface area contributed by atoms with Crippen LogP contribution in [0.1, 0.15) is 38.9 Å². The predicted molar refractivity (Wildman–Crippen MR) is 183 cm³/mol. The Morgan fingerprint density at radius 2 is 1.11 bits per heavy atom. The maximum absolute atomic E-state index is 14.5. The molecule has 0 atom stereocenters. The van der Waals surface area contributed by atoms with E-state index in [4.69, 9.17) is 0 Å². The number of benzene rings is 6. The molecule has 7 aromatic rings. The number of fused-ring (bicyclic) bond motifs is 7. The molecule has 10 rings (SSSR count). The fourth-order valence-electron chi connectivity index (χ4n) is 9.41. The molecule has 206 valence electrons. The molecular weight excluding hydrogens is 533 g/mol. The Hall–Kier alpha value is -5.15. The fraction of sp³-hybridized carbons (Fsp3) is 0.0976. The Morgan fingerprint density at radius 3 is 1.82 bits per heavy atom. The van der Waals surface area contributed by atoms with E-state index in [0.717, 1.165) is 21.8 Å². The van der Waals surface area contributed by atoms with Crippen LogP contribution in [0.25, 0.3) is 38.6 Å². The molecule has 0 radical (unpaired) electrons. The number of hydrogen-bond acceptors (Lipinski definition) is 1. The number of para-hydroxylation sites is 3. The summed E-state index contributed by atoms with van der Waals surface area (Å²) in [5.41, 5.74) is 18.2. The second kappa shape index (κ2) is 8.06. The van der Waals surface area contributed by atoms with Crippen LogP contribution >= 0.6 is 0 Å². The highest BCUT2D eigenvalue weighted by Gasteiger charge is 2.52. The third-order valence-corrected chi connectivity index (χ3v) is 10.7. The van der Waals surface area contributed by atoms with E-state index in [1.165, 1.54) is 72.1 Å². The van der Waals surface area contributed by atoms with E-state index in [-0.39, 0.29) is 12.1 Å². The Labute approximate surface area is 256 Å². The van der Waals surface area contributed by atoms with Crippen LogP contribution in [0.4, 0.5) is 0 Å². The van der Waals surface area contributed by atoms with Crippen molar-refractivity contribution in [1.29, 1.82) is 0 Å². The zero-order chi connectivity index (χ0) is 29.5. The highest BCUT2D eigenvalue weighted by atomic mass is 16.1. The highest BCUT2D eigenvalue weighted by molar-refractivity contribution is 6.98. The van der Waals surface area contributed by atoms with Gasteiger partial charge in [0, 0.05) is 16.5 Å². The molecule has 0 fully saturated rings. The van der Waals surface area contributed by atoms with Gasteiger partial charge in [0.25, 0.3) is 0 Å². The number of pyridine rings is 1. The van der Waals surface area contributed by atoms with Crippen LogP contribution in [-0.4, -0.2) is 11.3 Å². The molecule has 1 aromatic heterocycles. The summed E-state index contributed by atoms with van der Waals surface area (Å²) in [4.78, 5) is 14.5. The molecule has 2 aliphatic heterocycles. The zero-order valence-corrected chi connectivity index (χ0v) is 24.9. The van der Waals surface area contributed by atoms with E-state index in [2.05, 4.69) is 128 Å². The highest BCUT2D eigenvalue weighted by Crippen LogP contribution is 2.60. The molecule has 2 nitrogen and oxygen atoms in total. The van der Waals surface area contributed by atoms with Crippen molar-refractivity contribution in [3.05, 3.63) is 164 Å². The van der Waals surface area contributed by atoms with Crippen LogP contribution in [0.5, 0.6) is 0 Å². The summed E-state index contributed by atoms with van der Waals surface area (Å²) in [6, 6.07) is 42.1. The van der Waals surface area contributed by atoms with Crippen molar-refractivity contribution in [3.8, 4) is 16.8 Å². The van der Waals surface area contributed by atoms with Crippen molar-refractivity contribution in [2.24, 2.45) is 0 Å². The molecule has 0 bridgehead atoms. The van der Waals surface area contributed by atoms with Gasteiger partial charge in [-0.05, 0) is 77.2 Å². The quantitative estimate of drug-likeness (QED) is 0.164. The van der Waals surface area contributed by atoms with Gasteiger partial charge in [-0.2, -0.15) is 0 Å². The van der Waals surface area contributed by atoms with Gasteiger partial charge < -0.3 is 4.57 Å². The van der Waals surface area contributed by atoms with Crippen LogP contribution in [0.2, 0.25) is 0 Å². The number of rotatable bonds is 1. The molecule has 1 aliphatic carbocycles. The van der Waals surface area contributed by atoms with Gasteiger partial charge in [0.15, 0.2) is 5.43 Å². The van der Waals surface area contributed by atoms with E-state index in [9.17, 15) is 4.79 Å². The van der Waals surface area contributed by atoms with Gasteiger partial charge in [-0.3, -0.25) is 4.79 Å². The Bertz CT molecular complexity index is 2450. The first-order chi connectivity index (χ1) is 21.5. The Kier molecular flexibility index (Phi) is 4.46. The summed E-state index contributed by atoms with van der Waals surface area (Å²) in [6.45, 7) is 6.68. The lowest BCUT2D eigenvalue weighted by Gasteiger charge is -2.44. The molecule has 0 saturated carbocycles. The van der Waals surface area contributed by atoms with Gasteiger partial charge in [-0.15, -0.1) is 0 Å². The fourth-order valence-corrected chi connectivity index (χ4v) is 9.41. The monoisotopic (exact) mass is 561 g/mol. The first kappa shape index (κ1) is 24.3. The maximum Gasteiger partial charge on any atom is 0.247 e. The van der Waals surface area contributed by atoms with Crippen LogP contribution < -0.4 is 21.8 Å². The van der Waals surface area contributed by atoms with E-state index in [0.29, 0.717) is 0 Å². The number of nitrogens with zero attached hydrogens (tertiary/aromatic N) is 1. The van der Waals surface area contributed by atoms with Gasteiger partial charge >= 0.3 is 0 Å². The minimum Gasteiger partial charge on any atom is -0.309 e. The summed E-state index contributed by atoms with van der Waals surface area (Å²) >= 11 is 0. The first-order valence-corrected chi connectivity index (χ1v) is 15.5. The van der Waals surface area contributed by atoms with E-state index < -0.39 is 5.41 Å². The molecular formula is C41H28BNO. The molecule has 0 unspecified atom stereocenters. The summed E-state index contributed by atoms with van der Waals surface area (Å²) in [7, 11) is 0. The molecule has 1 spiro atoms. The van der Waals surface area contributed by atoms with Crippen LogP contribution in [-0.2, 0) is 5.41 Å². The second-order valence-electron chi connectivity index (χ2n) is 12.9. The maximum atomic E-state index is 14.5. The SMILES string of the molecule is Cc1cc(C)c(B2c3cccc4c3-n3c5c2cccc5c(=O)c2cccc(c23)C42c3ccccc3-c3ccccc32)c(C)c1. The van der Waals surface area contributed by atoms with Crippen molar-refractivity contribution >= 4 is 44.9 Å². The van der Waals surface area contributed by atoms with Crippen molar-refractivity contribution < 1.29 is 0 Å². The van der Waals surface area contributed by atoms with Crippen LogP contribution in [0.3, 0.4) is 0 Å². The van der Waals surface area contributed by atoms with E-state index in [1.54, 1.807) is 0 Å². The van der Waals surface area contributed by atoms with Gasteiger partial charge in [0.05, 0.1) is 16.4 Å². The van der Waals surface area contributed by atoms with Crippen molar-refractivity contribution in [1.82, 2.24) is 4.57 Å². The van der Waals surface area contributed by atoms with Crippen LogP contribution in [0, 0.1) is 20.8 Å². The number of aromatic nitrogens is 1. The molecule has 0 saturated heterocycles. The molecule has 3 aliphatic rings. The third-order valence-electron chi connectivity index (χ3n) is 10.7. The average molecular weight is 561 g/mol. The standard InChI is InChI=1S/C41H28BNO/c1-23-21-24(2)36(25(3)22-23)42-34-19-9-14-29-38(34)43-37-28(40(29)44)13-8-17-32(37)41(33-18-10-20-35(42)39(33)43)30-15-6-4-11-26(30)27-12-5-7-16-31(27)41/h4-22H,1-3H3. The smallest absolute Gasteiger partial charge is 0.247 e. The molecule has 6 aromatic carbocycles. The van der Waals surface area contributed by atoms with Crippen molar-refractivity contribution in [2.45, 2.75) is 26.2 Å². The van der Waals surface area contributed by atoms with Gasteiger partial charge in [-0.25, -0.2) is 0 Å². The van der Waals surface area contributed by atoms with Gasteiger partial charge in [0.1, 0.15) is 0 Å². The lowest BCUT2D eigenvalue weighted by molar-refractivity contribution is 0.748. The normalized spacial score (nSPS) is 14.5. The van der Waals surface area contributed by atoms with Crippen LogP contribution in [0.15, 0.2) is 120 Å². The molecule has 3 heterocycles. The number of hydrogen-bond donors (Lipinski definition) is 0. The number of aryl methyl sites for hydroxylation is 3. The van der Waals surface area contributed by atoms with E-state index >= 15 is 0 Å². The van der Waals surface area contributed by atoms with Gasteiger partial charge in [-0.1, -0.05) is 125 Å². The third kappa shape index (κ3) is 2.61. The lowest BCUT2D eigenvalue weighted by atomic mass is 9.33. The first-order valence-electron chi connectivity index (χ1n) is 15.5. The summed E-state index contributed by atoms with van der Waals surface area (Å²) in [5, 5.41) is 1.58. The molecule has 0 amide bonds. The largest absolute Gasteiger partial charge is 0.309 e. The predicted octanol–water partition coefficient (Wildman–Crippen LogP) is 6.58. The Balaban J connectivity index is 1.50. The average Bonchev–Trinajstić information content (AvgIpc) is 3.33. The summed E-state index contributed by atoms with van der Waals surface area (Å²) in [5.74, 6) is 0. The second-order valence-corrected chi connectivity index (χ2v) is 12.9. The minimum absolute atomic E-state index is 0.0142. The zero-order valence-electron chi connectivity index (χ0n) is 24.9. The molecule has 3 heteroatoms. The van der Waals surface area contributed by atoms with E-state index in [1.807, 2.05) is 12.1 Å².